The van der Waals surface area contributed by atoms with E-state index >= 15 is 0 Å². The van der Waals surface area contributed by atoms with Crippen LogP contribution in [0.1, 0.15) is 20.3 Å². The number of methoxy groups -OCH3 is 1. The maximum atomic E-state index is 12.3. The minimum Gasteiger partial charge on any atom is -0.469 e. The molecule has 122 valence electrons. The van der Waals surface area contributed by atoms with E-state index in [1.807, 2.05) is 19.1 Å². The van der Waals surface area contributed by atoms with Gasteiger partial charge in [-0.2, -0.15) is 0 Å². The van der Waals surface area contributed by atoms with Crippen LogP contribution in [0.25, 0.3) is 0 Å². The van der Waals surface area contributed by atoms with Crippen molar-refractivity contribution in [1.29, 1.82) is 0 Å². The molecule has 1 aliphatic rings. The average Bonchev–Trinajstić information content (AvgIpc) is 2.54. The summed E-state index contributed by atoms with van der Waals surface area (Å²) >= 11 is 0. The second kappa shape index (κ2) is 6.69. The number of rotatable bonds is 4. The van der Waals surface area contributed by atoms with Gasteiger partial charge in [-0.15, -0.1) is 0 Å². The van der Waals surface area contributed by atoms with E-state index in [-0.39, 0.29) is 23.6 Å². The molecule has 0 bridgehead atoms. The molecule has 5 nitrogen and oxygen atoms in total. The number of anilines is 1. The molecule has 0 amide bonds. The molecule has 0 aromatic heterocycles. The first-order chi connectivity index (χ1) is 10.4. The van der Waals surface area contributed by atoms with Crippen LogP contribution in [0.4, 0.5) is 5.69 Å². The number of para-hydroxylation sites is 1. The van der Waals surface area contributed by atoms with Crippen LogP contribution in [0.3, 0.4) is 0 Å². The third-order valence-corrected chi connectivity index (χ3v) is 6.11. The Hall–Kier alpha value is -1.56. The number of sulfone groups is 1. The van der Waals surface area contributed by atoms with Crippen LogP contribution in [0.2, 0.25) is 0 Å². The molecule has 2 unspecified atom stereocenters. The SMILES string of the molecule is CCS(=O)(=O)c1ccccc1N1CCC(C(=O)OC)C(C)C1. The van der Waals surface area contributed by atoms with Crippen LogP contribution in [0, 0.1) is 11.8 Å². The van der Waals surface area contributed by atoms with Crippen LogP contribution in [0.5, 0.6) is 0 Å². The standard InChI is InChI=1S/C16H23NO4S/c1-4-22(19,20)15-8-6-5-7-14(15)17-10-9-13(12(2)11-17)16(18)21-3/h5-8,12-13H,4,9-11H2,1-3H3. The van der Waals surface area contributed by atoms with Crippen molar-refractivity contribution in [2.24, 2.45) is 11.8 Å². The van der Waals surface area contributed by atoms with Gasteiger partial charge in [0.2, 0.25) is 0 Å². The molecule has 22 heavy (non-hydrogen) atoms. The Morgan fingerprint density at radius 3 is 2.64 bits per heavy atom. The molecular weight excluding hydrogens is 302 g/mol. The van der Waals surface area contributed by atoms with E-state index in [1.165, 1.54) is 7.11 Å². The highest BCUT2D eigenvalue weighted by molar-refractivity contribution is 7.91. The average molecular weight is 325 g/mol. The number of carbonyl (C=O) groups excluding carboxylic acids is 1. The molecule has 6 heteroatoms. The lowest BCUT2D eigenvalue weighted by Gasteiger charge is -2.37. The zero-order chi connectivity index (χ0) is 16.3. The van der Waals surface area contributed by atoms with Gasteiger partial charge in [0.25, 0.3) is 0 Å². The van der Waals surface area contributed by atoms with Crippen molar-refractivity contribution in [1.82, 2.24) is 0 Å². The van der Waals surface area contributed by atoms with Gasteiger partial charge >= 0.3 is 5.97 Å². The number of piperidine rings is 1. The van der Waals surface area contributed by atoms with Gasteiger partial charge < -0.3 is 9.64 Å². The van der Waals surface area contributed by atoms with Gasteiger partial charge in [-0.3, -0.25) is 4.79 Å². The highest BCUT2D eigenvalue weighted by Gasteiger charge is 2.33. The van der Waals surface area contributed by atoms with Crippen LogP contribution in [0.15, 0.2) is 29.2 Å². The van der Waals surface area contributed by atoms with E-state index in [9.17, 15) is 13.2 Å². The molecule has 1 aliphatic heterocycles. The fourth-order valence-corrected chi connectivity index (χ4v) is 4.12. The summed E-state index contributed by atoms with van der Waals surface area (Å²) in [7, 11) is -1.86. The third kappa shape index (κ3) is 3.27. The van der Waals surface area contributed by atoms with Crippen LogP contribution in [-0.4, -0.2) is 40.3 Å². The third-order valence-electron chi connectivity index (χ3n) is 4.33. The van der Waals surface area contributed by atoms with E-state index < -0.39 is 9.84 Å². The van der Waals surface area contributed by atoms with E-state index in [4.69, 9.17) is 4.74 Å². The van der Waals surface area contributed by atoms with Gasteiger partial charge in [-0.25, -0.2) is 8.42 Å². The molecule has 1 aromatic rings. The predicted octanol–water partition coefficient (Wildman–Crippen LogP) is 2.12. The number of benzene rings is 1. The van der Waals surface area contributed by atoms with Crippen molar-refractivity contribution in [2.75, 3.05) is 30.9 Å². The van der Waals surface area contributed by atoms with Gasteiger partial charge in [0.05, 0.1) is 29.4 Å². The normalized spacial score (nSPS) is 22.4. The van der Waals surface area contributed by atoms with E-state index in [1.54, 1.807) is 19.1 Å². The first-order valence-electron chi connectivity index (χ1n) is 7.55. The smallest absolute Gasteiger partial charge is 0.309 e. The number of carbonyl (C=O) groups is 1. The Labute approximate surface area is 132 Å². The molecule has 0 radical (unpaired) electrons. The van der Waals surface area contributed by atoms with Gasteiger partial charge in [0, 0.05) is 13.1 Å². The summed E-state index contributed by atoms with van der Waals surface area (Å²) in [6, 6.07) is 7.09. The van der Waals surface area contributed by atoms with Gasteiger partial charge in [-0.05, 0) is 24.5 Å². The van der Waals surface area contributed by atoms with Crippen LogP contribution < -0.4 is 4.90 Å². The quantitative estimate of drug-likeness (QED) is 0.794. The van der Waals surface area contributed by atoms with Crippen molar-refractivity contribution >= 4 is 21.5 Å². The molecule has 1 heterocycles. The summed E-state index contributed by atoms with van der Waals surface area (Å²) in [5.41, 5.74) is 0.736. The summed E-state index contributed by atoms with van der Waals surface area (Å²) in [5.74, 6) is -0.0885. The van der Waals surface area contributed by atoms with Crippen molar-refractivity contribution in [3.63, 3.8) is 0 Å². The summed E-state index contributed by atoms with van der Waals surface area (Å²) < 4.78 is 29.4. The van der Waals surface area contributed by atoms with Crippen LogP contribution >= 0.6 is 0 Å². The zero-order valence-electron chi connectivity index (χ0n) is 13.3. The zero-order valence-corrected chi connectivity index (χ0v) is 14.1. The Kier molecular flexibility index (Phi) is 5.11. The lowest BCUT2D eigenvalue weighted by molar-refractivity contribution is -0.147. The minimum atomic E-state index is -3.26. The minimum absolute atomic E-state index is 0.0815. The van der Waals surface area contributed by atoms with Crippen molar-refractivity contribution in [2.45, 2.75) is 25.2 Å². The number of hydrogen-bond donors (Lipinski definition) is 0. The second-order valence-corrected chi connectivity index (χ2v) is 7.96. The molecule has 0 N–H and O–H groups in total. The van der Waals surface area contributed by atoms with Crippen LogP contribution in [-0.2, 0) is 19.4 Å². The van der Waals surface area contributed by atoms with Crippen molar-refractivity contribution < 1.29 is 17.9 Å². The largest absolute Gasteiger partial charge is 0.469 e. The maximum absolute atomic E-state index is 12.3. The molecule has 0 aliphatic carbocycles. The highest BCUT2D eigenvalue weighted by Crippen LogP contribution is 2.32. The van der Waals surface area contributed by atoms with E-state index in [0.29, 0.717) is 24.4 Å². The summed E-state index contributed by atoms with van der Waals surface area (Å²) in [6.07, 6.45) is 0.675. The Bertz CT molecular complexity index is 641. The predicted molar refractivity (Wildman–Crippen MR) is 85.7 cm³/mol. The maximum Gasteiger partial charge on any atom is 0.309 e. The fraction of sp³-hybridized carbons (Fsp3) is 0.562. The molecular formula is C16H23NO4S. The molecule has 1 aromatic carbocycles. The Balaban J connectivity index is 2.27. The monoisotopic (exact) mass is 325 g/mol. The fourth-order valence-electron chi connectivity index (χ4n) is 3.00. The van der Waals surface area contributed by atoms with Gasteiger partial charge in [-0.1, -0.05) is 26.0 Å². The lowest BCUT2D eigenvalue weighted by atomic mass is 9.86. The lowest BCUT2D eigenvalue weighted by Crippen LogP contribution is -2.43. The molecule has 0 saturated carbocycles. The number of hydrogen-bond acceptors (Lipinski definition) is 5. The van der Waals surface area contributed by atoms with Crippen molar-refractivity contribution in [3.8, 4) is 0 Å². The van der Waals surface area contributed by atoms with E-state index in [0.717, 1.165) is 5.69 Å². The molecule has 1 saturated heterocycles. The molecule has 2 atom stereocenters. The Morgan fingerprint density at radius 1 is 1.36 bits per heavy atom. The van der Waals surface area contributed by atoms with Gasteiger partial charge in [0.1, 0.15) is 0 Å². The first kappa shape index (κ1) is 16.8. The molecule has 1 fully saturated rings. The Morgan fingerprint density at radius 2 is 2.05 bits per heavy atom. The number of esters is 1. The van der Waals surface area contributed by atoms with E-state index in [2.05, 4.69) is 4.90 Å². The van der Waals surface area contributed by atoms with Crippen molar-refractivity contribution in [3.05, 3.63) is 24.3 Å². The first-order valence-corrected chi connectivity index (χ1v) is 9.20. The number of ether oxygens (including phenoxy) is 1. The second-order valence-electron chi connectivity index (χ2n) is 5.71. The highest BCUT2D eigenvalue weighted by atomic mass is 32.2. The summed E-state index contributed by atoms with van der Waals surface area (Å²) in [6.45, 7) is 4.96. The molecule has 0 spiro atoms. The topological polar surface area (TPSA) is 63.7 Å². The summed E-state index contributed by atoms with van der Waals surface area (Å²) in [4.78, 5) is 14.2. The summed E-state index contributed by atoms with van der Waals surface area (Å²) in [5, 5.41) is 0. The molecule has 2 rings (SSSR count). The number of nitrogens with zero attached hydrogens (tertiary/aromatic N) is 1. The van der Waals surface area contributed by atoms with Gasteiger partial charge in [0.15, 0.2) is 9.84 Å².